The van der Waals surface area contributed by atoms with Crippen LogP contribution < -0.4 is 0 Å². The number of rotatable bonds is 3. The summed E-state index contributed by atoms with van der Waals surface area (Å²) in [6, 6.07) is 12.0. The summed E-state index contributed by atoms with van der Waals surface area (Å²) in [7, 11) is 0. The topological polar surface area (TPSA) is 43.6 Å². The lowest BCUT2D eigenvalue weighted by molar-refractivity contribution is 0.808. The quantitative estimate of drug-likeness (QED) is 0.689. The van der Waals surface area contributed by atoms with Crippen LogP contribution in [0.1, 0.15) is 12.7 Å². The third kappa shape index (κ3) is 2.63. The Kier molecular flexibility index (Phi) is 3.60. The minimum atomic E-state index is 0.769. The van der Waals surface area contributed by atoms with Crippen LogP contribution in [0.15, 0.2) is 53.4 Å². The van der Waals surface area contributed by atoms with E-state index >= 15 is 0 Å². The van der Waals surface area contributed by atoms with Crippen molar-refractivity contribution in [2.75, 3.05) is 0 Å². The highest BCUT2D eigenvalue weighted by molar-refractivity contribution is 9.10. The van der Waals surface area contributed by atoms with Gasteiger partial charge in [0.2, 0.25) is 0 Å². The van der Waals surface area contributed by atoms with Gasteiger partial charge in [-0.05, 0) is 21.5 Å². The number of aryl methyl sites for hydroxylation is 1. The summed E-state index contributed by atoms with van der Waals surface area (Å²) in [5.74, 6) is 1.57. The molecule has 5 heteroatoms. The highest BCUT2D eigenvalue weighted by Crippen LogP contribution is 2.20. The first-order valence-electron chi connectivity index (χ1n) is 6.40. The molecule has 1 aromatic carbocycles. The van der Waals surface area contributed by atoms with Crippen LogP contribution in [0.5, 0.6) is 0 Å². The van der Waals surface area contributed by atoms with Crippen LogP contribution in [0, 0.1) is 0 Å². The van der Waals surface area contributed by atoms with Crippen molar-refractivity contribution in [3.05, 3.63) is 59.2 Å². The van der Waals surface area contributed by atoms with E-state index in [1.165, 1.54) is 0 Å². The van der Waals surface area contributed by atoms with E-state index in [4.69, 9.17) is 0 Å². The molecule has 0 unspecified atom stereocenters. The normalized spacial score (nSPS) is 10.7. The molecule has 20 heavy (non-hydrogen) atoms. The molecular weight excluding hydrogens is 316 g/mol. The van der Waals surface area contributed by atoms with Gasteiger partial charge in [-0.3, -0.25) is 0 Å². The van der Waals surface area contributed by atoms with Crippen LogP contribution >= 0.6 is 15.9 Å². The molecule has 3 aromatic rings. The Labute approximate surface area is 125 Å². The molecule has 4 nitrogen and oxygen atoms in total. The first kappa shape index (κ1) is 13.0. The van der Waals surface area contributed by atoms with E-state index in [2.05, 4.69) is 43.1 Å². The fourth-order valence-corrected chi connectivity index (χ4v) is 2.36. The van der Waals surface area contributed by atoms with Crippen molar-refractivity contribution in [2.45, 2.75) is 13.3 Å². The van der Waals surface area contributed by atoms with Crippen molar-refractivity contribution in [1.29, 1.82) is 0 Å². The molecule has 0 amide bonds. The van der Waals surface area contributed by atoms with Gasteiger partial charge in [-0.15, -0.1) is 0 Å². The smallest absolute Gasteiger partial charge is 0.158 e. The summed E-state index contributed by atoms with van der Waals surface area (Å²) in [4.78, 5) is 8.80. The maximum absolute atomic E-state index is 4.49. The lowest BCUT2D eigenvalue weighted by Crippen LogP contribution is -2.02. The third-order valence-electron chi connectivity index (χ3n) is 2.97. The number of hydrogen-bond donors (Lipinski definition) is 0. The van der Waals surface area contributed by atoms with Crippen LogP contribution in [0.2, 0.25) is 0 Å². The fraction of sp³-hybridized carbons (Fsp3) is 0.133. The van der Waals surface area contributed by atoms with E-state index < -0.39 is 0 Å². The Morgan fingerprint density at radius 1 is 1.10 bits per heavy atom. The van der Waals surface area contributed by atoms with Gasteiger partial charge in [0, 0.05) is 24.2 Å². The van der Waals surface area contributed by atoms with E-state index in [0.29, 0.717) is 0 Å². The van der Waals surface area contributed by atoms with E-state index in [-0.39, 0.29) is 0 Å². The molecule has 0 atom stereocenters. The Hall–Kier alpha value is -2.01. The highest BCUT2D eigenvalue weighted by Gasteiger charge is 2.07. The number of halogens is 1. The molecule has 0 spiro atoms. The number of hydrogen-bond acceptors (Lipinski definition) is 3. The molecular formula is C15H13BrN4. The molecule has 2 heterocycles. The zero-order valence-corrected chi connectivity index (χ0v) is 12.6. The van der Waals surface area contributed by atoms with Gasteiger partial charge in [0.25, 0.3) is 0 Å². The Morgan fingerprint density at radius 3 is 2.65 bits per heavy atom. The summed E-state index contributed by atoms with van der Waals surface area (Å²) >= 11 is 3.41. The van der Waals surface area contributed by atoms with Gasteiger partial charge in [-0.25, -0.2) is 14.6 Å². The van der Waals surface area contributed by atoms with Crippen molar-refractivity contribution in [1.82, 2.24) is 19.7 Å². The number of nitrogens with zero attached hydrogens (tertiary/aromatic N) is 4. The highest BCUT2D eigenvalue weighted by atomic mass is 79.9. The van der Waals surface area contributed by atoms with Crippen LogP contribution in [0.3, 0.4) is 0 Å². The zero-order chi connectivity index (χ0) is 13.9. The van der Waals surface area contributed by atoms with Crippen LogP contribution in [0.4, 0.5) is 0 Å². The maximum atomic E-state index is 4.49. The average molecular weight is 329 g/mol. The molecule has 0 radical (unpaired) electrons. The molecule has 0 aliphatic carbocycles. The van der Waals surface area contributed by atoms with Gasteiger partial charge in [0.1, 0.15) is 10.4 Å². The van der Waals surface area contributed by atoms with Crippen molar-refractivity contribution in [3.8, 4) is 16.9 Å². The Bertz CT molecular complexity index is 722. The van der Waals surface area contributed by atoms with E-state index in [9.17, 15) is 0 Å². The standard InChI is InChI=1S/C15H13BrN4/c1-2-14-18-13(16)8-15(19-14)20-10-12(9-17-20)11-6-4-3-5-7-11/h3-10H,2H2,1H3. The molecule has 2 aromatic heterocycles. The molecule has 100 valence electrons. The predicted octanol–water partition coefficient (Wildman–Crippen LogP) is 3.65. The molecule has 0 bridgehead atoms. The zero-order valence-electron chi connectivity index (χ0n) is 11.0. The molecule has 0 aliphatic rings. The van der Waals surface area contributed by atoms with Gasteiger partial charge < -0.3 is 0 Å². The molecule has 0 saturated heterocycles. The van der Waals surface area contributed by atoms with Crippen molar-refractivity contribution >= 4 is 15.9 Å². The van der Waals surface area contributed by atoms with E-state index in [1.54, 1.807) is 4.68 Å². The first-order chi connectivity index (χ1) is 9.76. The van der Waals surface area contributed by atoms with Gasteiger partial charge in [-0.1, -0.05) is 37.3 Å². The molecule has 3 rings (SSSR count). The van der Waals surface area contributed by atoms with Crippen LogP contribution in [-0.4, -0.2) is 19.7 Å². The lowest BCUT2D eigenvalue weighted by Gasteiger charge is -2.03. The van der Waals surface area contributed by atoms with Crippen LogP contribution in [-0.2, 0) is 6.42 Å². The summed E-state index contributed by atoms with van der Waals surface area (Å²) in [5, 5.41) is 4.38. The molecule has 0 N–H and O–H groups in total. The molecule has 0 aliphatic heterocycles. The van der Waals surface area contributed by atoms with E-state index in [1.807, 2.05) is 43.6 Å². The van der Waals surface area contributed by atoms with Gasteiger partial charge in [0.15, 0.2) is 5.82 Å². The SMILES string of the molecule is CCc1nc(Br)cc(-n2cc(-c3ccccc3)cn2)n1. The number of aromatic nitrogens is 4. The summed E-state index contributed by atoms with van der Waals surface area (Å²) in [5.41, 5.74) is 2.21. The predicted molar refractivity (Wildman–Crippen MR) is 81.7 cm³/mol. The summed E-state index contributed by atoms with van der Waals surface area (Å²) < 4.78 is 2.55. The molecule has 0 saturated carbocycles. The van der Waals surface area contributed by atoms with Crippen molar-refractivity contribution in [3.63, 3.8) is 0 Å². The van der Waals surface area contributed by atoms with Gasteiger partial charge in [-0.2, -0.15) is 5.10 Å². The van der Waals surface area contributed by atoms with Crippen LogP contribution in [0.25, 0.3) is 16.9 Å². The monoisotopic (exact) mass is 328 g/mol. The second-order valence-corrected chi connectivity index (χ2v) is 5.17. The largest absolute Gasteiger partial charge is 0.226 e. The van der Waals surface area contributed by atoms with E-state index in [0.717, 1.165) is 33.8 Å². The first-order valence-corrected chi connectivity index (χ1v) is 7.19. The fourth-order valence-electron chi connectivity index (χ4n) is 1.95. The number of benzene rings is 1. The maximum Gasteiger partial charge on any atom is 0.158 e. The van der Waals surface area contributed by atoms with Crippen molar-refractivity contribution < 1.29 is 0 Å². The third-order valence-corrected chi connectivity index (χ3v) is 3.37. The minimum absolute atomic E-state index is 0.769. The Balaban J connectivity index is 2.00. The van der Waals surface area contributed by atoms with Crippen molar-refractivity contribution in [2.24, 2.45) is 0 Å². The molecule has 0 fully saturated rings. The second-order valence-electron chi connectivity index (χ2n) is 4.36. The summed E-state index contributed by atoms with van der Waals surface area (Å²) in [6.07, 6.45) is 4.61. The second kappa shape index (κ2) is 5.54. The average Bonchev–Trinajstić information content (AvgIpc) is 2.97. The lowest BCUT2D eigenvalue weighted by atomic mass is 10.1. The minimum Gasteiger partial charge on any atom is -0.226 e. The van der Waals surface area contributed by atoms with Gasteiger partial charge in [0.05, 0.1) is 6.20 Å². The Morgan fingerprint density at radius 2 is 1.90 bits per heavy atom. The van der Waals surface area contributed by atoms with Gasteiger partial charge >= 0.3 is 0 Å². The summed E-state index contributed by atoms with van der Waals surface area (Å²) in [6.45, 7) is 2.03.